The normalized spacial score (nSPS) is 23.0. The number of carbonyl (C=O) groups is 1. The molecule has 1 aliphatic rings. The van der Waals surface area contributed by atoms with Crippen LogP contribution in [0, 0.1) is 6.92 Å². The Morgan fingerprint density at radius 1 is 1.24 bits per heavy atom. The second-order valence-corrected chi connectivity index (χ2v) is 6.40. The molecule has 0 bridgehead atoms. The summed E-state index contributed by atoms with van der Waals surface area (Å²) >= 11 is 0. The van der Waals surface area contributed by atoms with E-state index in [1.165, 1.54) is 11.1 Å². The number of amides is 1. The van der Waals surface area contributed by atoms with Gasteiger partial charge < -0.3 is 10.2 Å². The van der Waals surface area contributed by atoms with Crippen LogP contribution in [0.2, 0.25) is 0 Å². The van der Waals surface area contributed by atoms with Gasteiger partial charge in [0.2, 0.25) is 5.91 Å². The number of carbonyl (C=O) groups excluding carboxylic acids is 1. The molecule has 1 aliphatic heterocycles. The molecule has 1 saturated heterocycles. The lowest BCUT2D eigenvalue weighted by Gasteiger charge is -2.36. The Balaban J connectivity index is 1.86. The van der Waals surface area contributed by atoms with Crippen molar-refractivity contribution in [3.63, 3.8) is 0 Å². The average Bonchev–Trinajstić information content (AvgIpc) is 2.40. The summed E-state index contributed by atoms with van der Waals surface area (Å²) in [6.07, 6.45) is 0. The molecular formula is C17H27N3O. The predicted octanol–water partition coefficient (Wildman–Crippen LogP) is 1.64. The smallest absolute Gasteiger partial charge is 0.236 e. The SMILES string of the molecule is Cc1ccc(CN(C)C(=O)CN2CC(C)NC(C)C2)cc1. The molecule has 0 saturated carbocycles. The van der Waals surface area contributed by atoms with Gasteiger partial charge in [0, 0.05) is 38.8 Å². The Kier molecular flexibility index (Phi) is 5.37. The highest BCUT2D eigenvalue weighted by molar-refractivity contribution is 5.78. The van der Waals surface area contributed by atoms with Crippen molar-refractivity contribution in [3.05, 3.63) is 35.4 Å². The van der Waals surface area contributed by atoms with E-state index in [9.17, 15) is 4.79 Å². The van der Waals surface area contributed by atoms with E-state index in [0.29, 0.717) is 25.2 Å². The van der Waals surface area contributed by atoms with Crippen LogP contribution in [0.4, 0.5) is 0 Å². The summed E-state index contributed by atoms with van der Waals surface area (Å²) in [5.74, 6) is 0.192. The molecule has 2 rings (SSSR count). The van der Waals surface area contributed by atoms with Crippen molar-refractivity contribution in [2.75, 3.05) is 26.7 Å². The molecule has 2 unspecified atom stereocenters. The van der Waals surface area contributed by atoms with Gasteiger partial charge in [0.1, 0.15) is 0 Å². The first-order valence-electron chi connectivity index (χ1n) is 7.72. The van der Waals surface area contributed by atoms with Gasteiger partial charge in [-0.3, -0.25) is 9.69 Å². The summed E-state index contributed by atoms with van der Waals surface area (Å²) in [5, 5.41) is 3.49. The minimum Gasteiger partial charge on any atom is -0.340 e. The third-order valence-electron chi connectivity index (χ3n) is 3.96. The molecular weight excluding hydrogens is 262 g/mol. The van der Waals surface area contributed by atoms with Crippen LogP contribution in [0.15, 0.2) is 24.3 Å². The number of piperazine rings is 1. The van der Waals surface area contributed by atoms with Crippen LogP contribution >= 0.6 is 0 Å². The van der Waals surface area contributed by atoms with E-state index in [2.05, 4.69) is 55.3 Å². The van der Waals surface area contributed by atoms with Crippen molar-refractivity contribution >= 4 is 5.91 Å². The molecule has 2 atom stereocenters. The Hall–Kier alpha value is -1.39. The third kappa shape index (κ3) is 4.83. The maximum absolute atomic E-state index is 12.4. The standard InChI is InChI=1S/C17H27N3O/c1-13-5-7-16(8-6-13)11-19(4)17(21)12-20-9-14(2)18-15(3)10-20/h5-8,14-15,18H,9-12H2,1-4H3. The van der Waals surface area contributed by atoms with Gasteiger partial charge in [-0.25, -0.2) is 0 Å². The third-order valence-corrected chi connectivity index (χ3v) is 3.96. The zero-order valence-corrected chi connectivity index (χ0v) is 13.6. The first-order valence-corrected chi connectivity index (χ1v) is 7.72. The van der Waals surface area contributed by atoms with Crippen molar-refractivity contribution in [1.29, 1.82) is 0 Å². The molecule has 1 N–H and O–H groups in total. The fourth-order valence-corrected chi connectivity index (χ4v) is 2.94. The molecule has 1 amide bonds. The molecule has 1 aromatic carbocycles. The maximum atomic E-state index is 12.4. The van der Waals surface area contributed by atoms with Crippen molar-refractivity contribution in [2.24, 2.45) is 0 Å². The second kappa shape index (κ2) is 7.05. The van der Waals surface area contributed by atoms with Gasteiger partial charge in [0.05, 0.1) is 6.54 Å². The second-order valence-electron chi connectivity index (χ2n) is 6.40. The molecule has 0 spiro atoms. The fourth-order valence-electron chi connectivity index (χ4n) is 2.94. The Morgan fingerprint density at radius 2 is 1.81 bits per heavy atom. The molecule has 0 radical (unpaired) electrons. The molecule has 1 fully saturated rings. The van der Waals surface area contributed by atoms with Gasteiger partial charge in [-0.2, -0.15) is 0 Å². The minimum atomic E-state index is 0.192. The predicted molar refractivity (Wildman–Crippen MR) is 86.2 cm³/mol. The first kappa shape index (κ1) is 16.0. The zero-order valence-electron chi connectivity index (χ0n) is 13.6. The Bertz CT molecular complexity index is 461. The molecule has 21 heavy (non-hydrogen) atoms. The van der Waals surface area contributed by atoms with Crippen LogP contribution in [-0.2, 0) is 11.3 Å². The van der Waals surface area contributed by atoms with E-state index in [-0.39, 0.29) is 5.91 Å². The number of nitrogens with one attached hydrogen (secondary N) is 1. The zero-order chi connectivity index (χ0) is 15.4. The van der Waals surface area contributed by atoms with Gasteiger partial charge in [-0.15, -0.1) is 0 Å². The Labute approximate surface area is 128 Å². The summed E-state index contributed by atoms with van der Waals surface area (Å²) < 4.78 is 0. The quantitative estimate of drug-likeness (QED) is 0.915. The number of likely N-dealkylation sites (N-methyl/N-ethyl adjacent to an activating group) is 1. The lowest BCUT2D eigenvalue weighted by Crippen LogP contribution is -2.56. The summed E-state index contributed by atoms with van der Waals surface area (Å²) in [4.78, 5) is 16.4. The summed E-state index contributed by atoms with van der Waals surface area (Å²) in [5.41, 5.74) is 2.43. The van der Waals surface area contributed by atoms with Crippen molar-refractivity contribution in [3.8, 4) is 0 Å². The highest BCUT2D eigenvalue weighted by Crippen LogP contribution is 2.08. The average molecular weight is 289 g/mol. The molecule has 1 aromatic rings. The summed E-state index contributed by atoms with van der Waals surface area (Å²) in [6, 6.07) is 9.26. The van der Waals surface area contributed by atoms with Gasteiger partial charge in [0.15, 0.2) is 0 Å². The molecule has 4 nitrogen and oxygen atoms in total. The maximum Gasteiger partial charge on any atom is 0.236 e. The molecule has 116 valence electrons. The topological polar surface area (TPSA) is 35.6 Å². The van der Waals surface area contributed by atoms with E-state index in [1.54, 1.807) is 0 Å². The minimum absolute atomic E-state index is 0.192. The van der Waals surface area contributed by atoms with Crippen molar-refractivity contribution < 1.29 is 4.79 Å². The lowest BCUT2D eigenvalue weighted by atomic mass is 10.1. The Morgan fingerprint density at radius 3 is 2.38 bits per heavy atom. The molecule has 0 aliphatic carbocycles. The number of nitrogens with zero attached hydrogens (tertiary/aromatic N) is 2. The van der Waals surface area contributed by atoms with Crippen LogP contribution in [-0.4, -0.2) is 54.5 Å². The number of rotatable bonds is 4. The van der Waals surface area contributed by atoms with Crippen LogP contribution in [0.1, 0.15) is 25.0 Å². The monoisotopic (exact) mass is 289 g/mol. The van der Waals surface area contributed by atoms with Crippen molar-refractivity contribution in [2.45, 2.75) is 39.4 Å². The first-order chi connectivity index (χ1) is 9.94. The van der Waals surface area contributed by atoms with E-state index in [0.717, 1.165) is 13.1 Å². The lowest BCUT2D eigenvalue weighted by molar-refractivity contribution is -0.132. The van der Waals surface area contributed by atoms with E-state index < -0.39 is 0 Å². The van der Waals surface area contributed by atoms with Gasteiger partial charge >= 0.3 is 0 Å². The van der Waals surface area contributed by atoms with E-state index in [4.69, 9.17) is 0 Å². The van der Waals surface area contributed by atoms with Crippen LogP contribution in [0.3, 0.4) is 0 Å². The van der Waals surface area contributed by atoms with E-state index >= 15 is 0 Å². The molecule has 0 aromatic heterocycles. The fraction of sp³-hybridized carbons (Fsp3) is 0.588. The van der Waals surface area contributed by atoms with Gasteiger partial charge in [-0.1, -0.05) is 29.8 Å². The number of aryl methyl sites for hydroxylation is 1. The number of hydrogen-bond donors (Lipinski definition) is 1. The molecule has 4 heteroatoms. The largest absolute Gasteiger partial charge is 0.340 e. The molecule has 1 heterocycles. The highest BCUT2D eigenvalue weighted by atomic mass is 16.2. The summed E-state index contributed by atoms with van der Waals surface area (Å²) in [7, 11) is 1.89. The van der Waals surface area contributed by atoms with Crippen molar-refractivity contribution in [1.82, 2.24) is 15.1 Å². The van der Waals surface area contributed by atoms with Crippen LogP contribution < -0.4 is 5.32 Å². The van der Waals surface area contributed by atoms with Crippen LogP contribution in [0.5, 0.6) is 0 Å². The summed E-state index contributed by atoms with van der Waals surface area (Å²) in [6.45, 7) is 9.48. The van der Waals surface area contributed by atoms with Gasteiger partial charge in [0.25, 0.3) is 0 Å². The van der Waals surface area contributed by atoms with Crippen LogP contribution in [0.25, 0.3) is 0 Å². The number of hydrogen-bond acceptors (Lipinski definition) is 3. The number of benzene rings is 1. The van der Waals surface area contributed by atoms with E-state index in [1.807, 2.05) is 11.9 Å². The highest BCUT2D eigenvalue weighted by Gasteiger charge is 2.23. The van der Waals surface area contributed by atoms with Gasteiger partial charge in [-0.05, 0) is 26.3 Å².